The standard InChI is InChI=1S/C20H39N/c1-3-4-5-6-7-8-9-10-11-12-13-14-15-16-20-18-17-19(2)21-20/h19H,3-18H2,1-2H3. The van der Waals surface area contributed by atoms with Crippen LogP contribution in [0.1, 0.15) is 117 Å². The Kier molecular flexibility index (Phi) is 11.9. The second kappa shape index (κ2) is 13.3. The fraction of sp³-hybridized carbons (Fsp3) is 0.950. The van der Waals surface area contributed by atoms with Gasteiger partial charge in [-0.3, -0.25) is 4.99 Å². The van der Waals surface area contributed by atoms with Gasteiger partial charge in [0.15, 0.2) is 0 Å². The van der Waals surface area contributed by atoms with Crippen molar-refractivity contribution in [2.75, 3.05) is 0 Å². The van der Waals surface area contributed by atoms with Crippen molar-refractivity contribution in [3.8, 4) is 0 Å². The molecular weight excluding hydrogens is 254 g/mol. The van der Waals surface area contributed by atoms with Crippen molar-refractivity contribution < 1.29 is 0 Å². The zero-order valence-corrected chi connectivity index (χ0v) is 14.8. The van der Waals surface area contributed by atoms with Crippen molar-refractivity contribution in [1.29, 1.82) is 0 Å². The molecule has 0 aliphatic carbocycles. The maximum absolute atomic E-state index is 4.70. The van der Waals surface area contributed by atoms with E-state index in [0.717, 1.165) is 0 Å². The minimum absolute atomic E-state index is 0.613. The SMILES string of the molecule is CCCCCCCCCCCCCCCC1=NC(C)CC1. The van der Waals surface area contributed by atoms with E-state index in [-0.39, 0.29) is 0 Å². The van der Waals surface area contributed by atoms with Crippen LogP contribution in [-0.2, 0) is 0 Å². The zero-order valence-electron chi connectivity index (χ0n) is 14.8. The Hall–Kier alpha value is -0.330. The first-order valence-electron chi connectivity index (χ1n) is 9.88. The first-order chi connectivity index (χ1) is 10.3. The van der Waals surface area contributed by atoms with Gasteiger partial charge in [-0.05, 0) is 32.6 Å². The summed E-state index contributed by atoms with van der Waals surface area (Å²) >= 11 is 0. The molecule has 1 unspecified atom stereocenters. The highest BCUT2D eigenvalue weighted by Gasteiger charge is 2.11. The number of hydrogen-bond acceptors (Lipinski definition) is 1. The number of nitrogens with zero attached hydrogens (tertiary/aromatic N) is 1. The first-order valence-corrected chi connectivity index (χ1v) is 9.88. The molecular formula is C20H39N. The lowest BCUT2D eigenvalue weighted by Crippen LogP contribution is -1.92. The molecule has 1 atom stereocenters. The van der Waals surface area contributed by atoms with Crippen LogP contribution in [0.4, 0.5) is 0 Å². The summed E-state index contributed by atoms with van der Waals surface area (Å²) in [6.45, 7) is 4.54. The Morgan fingerprint density at radius 1 is 0.762 bits per heavy atom. The summed E-state index contributed by atoms with van der Waals surface area (Å²) in [5.41, 5.74) is 1.51. The lowest BCUT2D eigenvalue weighted by Gasteiger charge is -2.03. The van der Waals surface area contributed by atoms with E-state index in [2.05, 4.69) is 13.8 Å². The third-order valence-electron chi connectivity index (χ3n) is 4.82. The third kappa shape index (κ3) is 11.0. The van der Waals surface area contributed by atoms with Gasteiger partial charge in [-0.2, -0.15) is 0 Å². The second-order valence-corrected chi connectivity index (χ2v) is 7.08. The Bertz CT molecular complexity index is 257. The van der Waals surface area contributed by atoms with E-state index in [4.69, 9.17) is 4.99 Å². The molecule has 0 saturated heterocycles. The molecule has 1 rings (SSSR count). The van der Waals surface area contributed by atoms with E-state index >= 15 is 0 Å². The fourth-order valence-corrected chi connectivity index (χ4v) is 3.35. The first kappa shape index (κ1) is 18.7. The van der Waals surface area contributed by atoms with E-state index in [1.165, 1.54) is 108 Å². The number of aliphatic imine (C=N–C) groups is 1. The normalized spacial score (nSPS) is 18.2. The lowest BCUT2D eigenvalue weighted by molar-refractivity contribution is 0.541. The highest BCUT2D eigenvalue weighted by Crippen LogP contribution is 2.17. The Morgan fingerprint density at radius 3 is 1.67 bits per heavy atom. The largest absolute Gasteiger partial charge is 0.291 e. The quantitative estimate of drug-likeness (QED) is 0.303. The molecule has 0 N–H and O–H groups in total. The summed E-state index contributed by atoms with van der Waals surface area (Å²) in [4.78, 5) is 4.70. The summed E-state index contributed by atoms with van der Waals surface area (Å²) in [6.07, 6.45) is 22.6. The van der Waals surface area contributed by atoms with Crippen LogP contribution in [0.15, 0.2) is 4.99 Å². The molecule has 0 radical (unpaired) electrons. The molecule has 0 aromatic rings. The molecule has 1 aliphatic rings. The highest BCUT2D eigenvalue weighted by molar-refractivity contribution is 5.86. The predicted octanol–water partition coefficient (Wildman–Crippen LogP) is 7.09. The molecule has 1 aliphatic heterocycles. The lowest BCUT2D eigenvalue weighted by atomic mass is 10.0. The molecule has 0 aromatic carbocycles. The van der Waals surface area contributed by atoms with Crippen LogP contribution in [0, 0.1) is 0 Å². The van der Waals surface area contributed by atoms with Crippen LogP contribution in [0.5, 0.6) is 0 Å². The van der Waals surface area contributed by atoms with Crippen molar-refractivity contribution in [3.63, 3.8) is 0 Å². The minimum Gasteiger partial charge on any atom is -0.291 e. The summed E-state index contributed by atoms with van der Waals surface area (Å²) in [5.74, 6) is 0. The molecule has 0 bridgehead atoms. The molecule has 0 aromatic heterocycles. The van der Waals surface area contributed by atoms with E-state index in [0.29, 0.717) is 6.04 Å². The Balaban J connectivity index is 1.72. The number of unbranched alkanes of at least 4 members (excludes halogenated alkanes) is 12. The van der Waals surface area contributed by atoms with Crippen molar-refractivity contribution >= 4 is 5.71 Å². The molecule has 124 valence electrons. The molecule has 1 heteroatoms. The van der Waals surface area contributed by atoms with E-state index in [1.807, 2.05) is 0 Å². The average Bonchev–Trinajstić information content (AvgIpc) is 2.89. The molecule has 0 saturated carbocycles. The van der Waals surface area contributed by atoms with Crippen molar-refractivity contribution in [1.82, 2.24) is 0 Å². The topological polar surface area (TPSA) is 12.4 Å². The van der Waals surface area contributed by atoms with Crippen LogP contribution < -0.4 is 0 Å². The highest BCUT2D eigenvalue weighted by atomic mass is 14.8. The van der Waals surface area contributed by atoms with Gasteiger partial charge in [-0.1, -0.05) is 84.0 Å². The van der Waals surface area contributed by atoms with Gasteiger partial charge in [-0.15, -0.1) is 0 Å². The minimum atomic E-state index is 0.613. The Labute approximate surface area is 134 Å². The van der Waals surface area contributed by atoms with Crippen LogP contribution in [0.25, 0.3) is 0 Å². The fourth-order valence-electron chi connectivity index (χ4n) is 3.35. The molecule has 0 amide bonds. The van der Waals surface area contributed by atoms with Gasteiger partial charge in [0, 0.05) is 11.8 Å². The van der Waals surface area contributed by atoms with E-state index in [9.17, 15) is 0 Å². The van der Waals surface area contributed by atoms with Crippen LogP contribution in [0.2, 0.25) is 0 Å². The van der Waals surface area contributed by atoms with Gasteiger partial charge in [0.2, 0.25) is 0 Å². The third-order valence-corrected chi connectivity index (χ3v) is 4.82. The zero-order chi connectivity index (χ0) is 15.2. The predicted molar refractivity (Wildman–Crippen MR) is 96.4 cm³/mol. The van der Waals surface area contributed by atoms with Gasteiger partial charge in [0.05, 0.1) is 0 Å². The summed E-state index contributed by atoms with van der Waals surface area (Å²) in [7, 11) is 0. The van der Waals surface area contributed by atoms with Crippen LogP contribution >= 0.6 is 0 Å². The van der Waals surface area contributed by atoms with Gasteiger partial charge in [0.1, 0.15) is 0 Å². The Morgan fingerprint density at radius 2 is 1.24 bits per heavy atom. The van der Waals surface area contributed by atoms with Gasteiger partial charge in [-0.25, -0.2) is 0 Å². The molecule has 0 spiro atoms. The average molecular weight is 294 g/mol. The summed E-state index contributed by atoms with van der Waals surface area (Å²) in [6, 6.07) is 0.613. The molecule has 1 nitrogen and oxygen atoms in total. The number of rotatable bonds is 14. The maximum atomic E-state index is 4.70. The second-order valence-electron chi connectivity index (χ2n) is 7.08. The van der Waals surface area contributed by atoms with Crippen molar-refractivity contribution in [2.45, 2.75) is 123 Å². The smallest absolute Gasteiger partial charge is 0.0474 e. The number of hydrogen-bond donors (Lipinski definition) is 0. The van der Waals surface area contributed by atoms with Crippen molar-refractivity contribution in [3.05, 3.63) is 0 Å². The van der Waals surface area contributed by atoms with E-state index < -0.39 is 0 Å². The summed E-state index contributed by atoms with van der Waals surface area (Å²) < 4.78 is 0. The summed E-state index contributed by atoms with van der Waals surface area (Å²) in [5, 5.41) is 0. The van der Waals surface area contributed by atoms with E-state index in [1.54, 1.807) is 0 Å². The maximum Gasteiger partial charge on any atom is 0.0474 e. The monoisotopic (exact) mass is 293 g/mol. The van der Waals surface area contributed by atoms with Gasteiger partial charge < -0.3 is 0 Å². The van der Waals surface area contributed by atoms with Crippen molar-refractivity contribution in [2.24, 2.45) is 4.99 Å². The van der Waals surface area contributed by atoms with Crippen LogP contribution in [0.3, 0.4) is 0 Å². The van der Waals surface area contributed by atoms with Gasteiger partial charge >= 0.3 is 0 Å². The van der Waals surface area contributed by atoms with Gasteiger partial charge in [0.25, 0.3) is 0 Å². The molecule has 1 heterocycles. The van der Waals surface area contributed by atoms with Crippen LogP contribution in [-0.4, -0.2) is 11.8 Å². The molecule has 0 fully saturated rings. The molecule has 21 heavy (non-hydrogen) atoms.